The van der Waals surface area contributed by atoms with Gasteiger partial charge in [0.2, 0.25) is 5.72 Å². The molecule has 12 nitrogen and oxygen atoms in total. The fourth-order valence-electron chi connectivity index (χ4n) is 6.68. The molecule has 1 fully saturated rings. The van der Waals surface area contributed by atoms with E-state index in [1.165, 1.54) is 12.0 Å². The standard InChI is InChI=1S/C41H47N7O5.3ClH/c1-6-7-17-41(27-49,48-21-19-46(3)20-22-48)53-36-23-28(2)13-16-34(36)47(4)40(51)30-14-15-32(35(25-30)52-5)44-39(50)31-11-8-12-33-38(31)45-37(43-33)24-29-10-9-18-42-26-29;;;/h8-16,18,23,25-27H,6-7,17,19-22,24H2,1-5H3,(H,43,45)(H,44,50);3*1H. The van der Waals surface area contributed by atoms with Gasteiger partial charge in [0.05, 0.1) is 29.6 Å². The molecule has 2 aromatic heterocycles. The normalized spacial score (nSPS) is 13.9. The number of fused-ring (bicyclic) bond motifs is 1. The van der Waals surface area contributed by atoms with Crippen molar-refractivity contribution in [1.29, 1.82) is 0 Å². The molecule has 1 saturated heterocycles. The maximum absolute atomic E-state index is 14.1. The number of H-pyrrole nitrogens is 1. The fraction of sp³-hybridized carbons (Fsp3) is 0.341. The lowest BCUT2D eigenvalue weighted by Crippen LogP contribution is -2.60. The van der Waals surface area contributed by atoms with Crippen LogP contribution in [0.3, 0.4) is 0 Å². The number of methoxy groups -OCH3 is 1. The molecule has 1 atom stereocenters. The number of likely N-dealkylation sites (N-methyl/N-ethyl adjacent to an activating group) is 1. The Morgan fingerprint density at radius 2 is 1.77 bits per heavy atom. The van der Waals surface area contributed by atoms with Gasteiger partial charge in [-0.15, -0.1) is 37.2 Å². The van der Waals surface area contributed by atoms with E-state index in [0.717, 1.165) is 54.7 Å². The third-order valence-corrected chi connectivity index (χ3v) is 9.78. The van der Waals surface area contributed by atoms with E-state index in [9.17, 15) is 14.4 Å². The molecule has 1 unspecified atom stereocenters. The van der Waals surface area contributed by atoms with Crippen LogP contribution in [0.25, 0.3) is 11.0 Å². The minimum Gasteiger partial charge on any atom is -0.495 e. The lowest BCUT2D eigenvalue weighted by Gasteiger charge is -2.44. The summed E-state index contributed by atoms with van der Waals surface area (Å²) in [5, 5.41) is 2.94. The van der Waals surface area contributed by atoms with E-state index in [0.29, 0.717) is 65.4 Å². The van der Waals surface area contributed by atoms with Crippen LogP contribution in [0.5, 0.6) is 11.5 Å². The number of pyridine rings is 1. The van der Waals surface area contributed by atoms with Crippen molar-refractivity contribution in [1.82, 2.24) is 24.8 Å². The van der Waals surface area contributed by atoms with Gasteiger partial charge in [0.1, 0.15) is 22.8 Å². The molecule has 0 saturated carbocycles. The Morgan fingerprint density at radius 3 is 2.45 bits per heavy atom. The molecule has 1 aliphatic heterocycles. The van der Waals surface area contributed by atoms with E-state index in [4.69, 9.17) is 14.5 Å². The first-order chi connectivity index (χ1) is 25.6. The first-order valence-electron chi connectivity index (χ1n) is 18.0. The molecule has 0 spiro atoms. The zero-order valence-corrected chi connectivity index (χ0v) is 34.7. The van der Waals surface area contributed by atoms with E-state index < -0.39 is 5.72 Å². The molecule has 56 heavy (non-hydrogen) atoms. The number of anilines is 2. The monoisotopic (exact) mass is 825 g/mol. The zero-order chi connectivity index (χ0) is 37.5. The average Bonchev–Trinajstić information content (AvgIpc) is 3.59. The Balaban J connectivity index is 0.00000280. The van der Waals surface area contributed by atoms with Crippen LogP contribution in [0.4, 0.5) is 11.4 Å². The number of aromatic nitrogens is 3. The maximum Gasteiger partial charge on any atom is 0.258 e. The Labute approximate surface area is 346 Å². The number of aldehydes is 1. The highest BCUT2D eigenvalue weighted by atomic mass is 35.5. The second-order valence-corrected chi connectivity index (χ2v) is 13.6. The van der Waals surface area contributed by atoms with Crippen LogP contribution in [0.2, 0.25) is 0 Å². The minimum atomic E-state index is -1.16. The lowest BCUT2D eigenvalue weighted by molar-refractivity contribution is -0.146. The van der Waals surface area contributed by atoms with Gasteiger partial charge in [0.15, 0.2) is 6.29 Å². The number of unbranched alkanes of at least 4 members (excludes halogenated alkanes) is 1. The number of halogens is 3. The Kier molecular flexibility index (Phi) is 16.7. The Hall–Kier alpha value is -4.72. The van der Waals surface area contributed by atoms with Gasteiger partial charge in [-0.05, 0) is 80.1 Å². The summed E-state index contributed by atoms with van der Waals surface area (Å²) in [7, 11) is 5.24. The molecule has 3 aromatic carbocycles. The number of aryl methyl sites for hydroxylation is 1. The maximum atomic E-state index is 14.1. The second kappa shape index (κ2) is 20.4. The number of piperazine rings is 1. The van der Waals surface area contributed by atoms with Crippen LogP contribution in [0, 0.1) is 6.92 Å². The summed E-state index contributed by atoms with van der Waals surface area (Å²) >= 11 is 0. The molecule has 5 aromatic rings. The zero-order valence-electron chi connectivity index (χ0n) is 32.2. The minimum absolute atomic E-state index is 0. The third-order valence-electron chi connectivity index (χ3n) is 9.78. The van der Waals surface area contributed by atoms with Crippen LogP contribution in [0.15, 0.2) is 79.1 Å². The first kappa shape index (κ1) is 45.7. The van der Waals surface area contributed by atoms with Crippen LogP contribution in [-0.4, -0.2) is 96.0 Å². The van der Waals surface area contributed by atoms with Crippen LogP contribution in [0.1, 0.15) is 63.9 Å². The van der Waals surface area contributed by atoms with E-state index in [1.54, 1.807) is 49.8 Å². The number of nitrogens with one attached hydrogen (secondary N) is 2. The van der Waals surface area contributed by atoms with Crippen molar-refractivity contribution >= 4 is 77.7 Å². The first-order valence-corrected chi connectivity index (χ1v) is 18.0. The van der Waals surface area contributed by atoms with Crippen molar-refractivity contribution in [3.8, 4) is 11.5 Å². The van der Waals surface area contributed by atoms with E-state index in [-0.39, 0.29) is 49.0 Å². The fourth-order valence-corrected chi connectivity index (χ4v) is 6.68. The largest absolute Gasteiger partial charge is 0.495 e. The van der Waals surface area contributed by atoms with Gasteiger partial charge in [0, 0.05) is 64.0 Å². The van der Waals surface area contributed by atoms with Gasteiger partial charge in [-0.25, -0.2) is 4.98 Å². The summed E-state index contributed by atoms with van der Waals surface area (Å²) < 4.78 is 12.4. The van der Waals surface area contributed by atoms with Crippen LogP contribution in [-0.2, 0) is 11.2 Å². The predicted octanol–water partition coefficient (Wildman–Crippen LogP) is 7.37. The lowest BCUT2D eigenvalue weighted by atomic mass is 10.0. The number of para-hydroxylation sites is 1. The molecule has 0 aliphatic carbocycles. The smallest absolute Gasteiger partial charge is 0.258 e. The van der Waals surface area contributed by atoms with Gasteiger partial charge in [-0.2, -0.15) is 0 Å². The number of rotatable bonds is 14. The summed E-state index contributed by atoms with van der Waals surface area (Å²) in [6.07, 6.45) is 7.24. The van der Waals surface area contributed by atoms with Crippen molar-refractivity contribution in [3.05, 3.63) is 107 Å². The molecule has 6 rings (SSSR count). The molecule has 3 heterocycles. The molecular formula is C41H50Cl3N7O5. The highest BCUT2D eigenvalue weighted by Gasteiger charge is 2.41. The number of benzene rings is 3. The number of amides is 2. The van der Waals surface area contributed by atoms with Crippen molar-refractivity contribution in [3.63, 3.8) is 0 Å². The number of ether oxygens (including phenoxy) is 2. The molecule has 1 aliphatic rings. The number of aromatic amines is 1. The van der Waals surface area contributed by atoms with Crippen molar-refractivity contribution in [2.75, 3.05) is 57.6 Å². The molecule has 2 N–H and O–H groups in total. The molecule has 2 amide bonds. The number of imidazole rings is 1. The van der Waals surface area contributed by atoms with Gasteiger partial charge in [-0.1, -0.05) is 31.5 Å². The van der Waals surface area contributed by atoms with E-state index >= 15 is 0 Å². The highest BCUT2D eigenvalue weighted by molar-refractivity contribution is 6.12. The summed E-state index contributed by atoms with van der Waals surface area (Å²) in [5.74, 6) is 0.807. The summed E-state index contributed by atoms with van der Waals surface area (Å²) in [5.41, 5.74) is 3.74. The van der Waals surface area contributed by atoms with Gasteiger partial charge in [-0.3, -0.25) is 24.3 Å². The van der Waals surface area contributed by atoms with E-state index in [2.05, 4.69) is 39.1 Å². The van der Waals surface area contributed by atoms with Crippen molar-refractivity contribution in [2.45, 2.75) is 45.3 Å². The summed E-state index contributed by atoms with van der Waals surface area (Å²) in [4.78, 5) is 58.7. The number of hydrogen-bond acceptors (Lipinski definition) is 9. The number of carbonyl (C=O) groups excluding carboxylic acids is 3. The Bertz CT molecular complexity index is 2090. The number of nitrogens with zero attached hydrogens (tertiary/aromatic N) is 5. The summed E-state index contributed by atoms with van der Waals surface area (Å²) in [6.45, 7) is 7.09. The number of carbonyl (C=O) groups is 3. The third kappa shape index (κ3) is 10.2. The Morgan fingerprint density at radius 1 is 1.00 bits per heavy atom. The molecule has 0 bridgehead atoms. The summed E-state index contributed by atoms with van der Waals surface area (Å²) in [6, 6.07) is 19.8. The molecule has 15 heteroatoms. The molecule has 0 radical (unpaired) electrons. The van der Waals surface area contributed by atoms with Crippen LogP contribution >= 0.6 is 37.2 Å². The average molecular weight is 827 g/mol. The topological polar surface area (TPSA) is 133 Å². The predicted molar refractivity (Wildman–Crippen MR) is 228 cm³/mol. The van der Waals surface area contributed by atoms with Crippen molar-refractivity contribution < 1.29 is 23.9 Å². The SMILES string of the molecule is CCCCC(C=O)(Oc1cc(C)ccc1N(C)C(=O)c1ccc(NC(=O)c2cccc3[nH]c(Cc4cccnc4)nc23)c(OC)c1)N1CCN(C)CC1.Cl.Cl.Cl. The van der Waals surface area contributed by atoms with Gasteiger partial charge >= 0.3 is 0 Å². The van der Waals surface area contributed by atoms with Crippen LogP contribution < -0.4 is 19.7 Å². The second-order valence-electron chi connectivity index (χ2n) is 13.6. The van der Waals surface area contributed by atoms with Gasteiger partial charge in [0.25, 0.3) is 11.8 Å². The molecule has 300 valence electrons. The van der Waals surface area contributed by atoms with Crippen molar-refractivity contribution in [2.24, 2.45) is 0 Å². The van der Waals surface area contributed by atoms with E-state index in [1.807, 2.05) is 43.3 Å². The number of hydrogen-bond donors (Lipinski definition) is 2. The molecular weight excluding hydrogens is 777 g/mol. The van der Waals surface area contributed by atoms with Gasteiger partial charge < -0.3 is 29.6 Å². The highest BCUT2D eigenvalue weighted by Crippen LogP contribution is 2.36. The quantitative estimate of drug-likeness (QED) is 0.110.